The summed E-state index contributed by atoms with van der Waals surface area (Å²) < 4.78 is 104. The van der Waals surface area contributed by atoms with Crippen LogP contribution in [0.25, 0.3) is 22.3 Å². The molecule has 0 N–H and O–H groups in total. The molecule has 0 saturated carbocycles. The van der Waals surface area contributed by atoms with Gasteiger partial charge >= 0.3 is 6.11 Å². The lowest BCUT2D eigenvalue weighted by molar-refractivity contribution is -0.206. The SMILES string of the molecule is CC=CCCC1COC(c2cc(F)c(C(F)(F)Oc3ccc(-c4ccc(-c5ccc(Cl)c(F)c5)c(F)c4)cc3)c(F)c2)OC1. The fourth-order valence-corrected chi connectivity index (χ4v) is 5.03. The molecule has 44 heavy (non-hydrogen) atoms. The molecule has 5 rings (SSSR count). The van der Waals surface area contributed by atoms with Gasteiger partial charge < -0.3 is 14.2 Å². The van der Waals surface area contributed by atoms with Crippen LogP contribution < -0.4 is 4.74 Å². The molecule has 1 saturated heterocycles. The molecule has 0 aromatic heterocycles. The van der Waals surface area contributed by atoms with Crippen molar-refractivity contribution in [3.05, 3.63) is 124 Å². The summed E-state index contributed by atoms with van der Waals surface area (Å²) in [5.41, 5.74) is -0.325. The highest BCUT2D eigenvalue weighted by Gasteiger charge is 2.42. The highest BCUT2D eigenvalue weighted by Crippen LogP contribution is 2.38. The van der Waals surface area contributed by atoms with E-state index in [4.69, 9.17) is 25.8 Å². The van der Waals surface area contributed by atoms with Crippen molar-refractivity contribution >= 4 is 11.6 Å². The van der Waals surface area contributed by atoms with Crippen LogP contribution in [0.3, 0.4) is 0 Å². The molecule has 1 aliphatic heterocycles. The standard InChI is InChI=1S/C34H27ClF6O3/c1-2-3-4-5-20-18-42-33(43-19-20)24-16-30(38)32(31(39)17-24)34(40,41)44-25-10-6-21(7-11-25)22-8-12-26(28(36)14-22)23-9-13-27(35)29(37)15-23/h2-3,6-17,20,33H,4-5,18-19H2,1H3. The molecular formula is C34H27ClF6O3. The first-order valence-corrected chi connectivity index (χ1v) is 14.2. The Balaban J connectivity index is 1.27. The predicted molar refractivity (Wildman–Crippen MR) is 155 cm³/mol. The van der Waals surface area contributed by atoms with Crippen molar-refractivity contribution in [3.8, 4) is 28.0 Å². The summed E-state index contributed by atoms with van der Waals surface area (Å²) in [6.07, 6.45) is 0.168. The van der Waals surface area contributed by atoms with Gasteiger partial charge in [-0.1, -0.05) is 54.1 Å². The number of ether oxygens (including phenoxy) is 3. The van der Waals surface area contributed by atoms with E-state index in [1.54, 1.807) is 6.07 Å². The summed E-state index contributed by atoms with van der Waals surface area (Å²) in [7, 11) is 0. The molecule has 0 spiro atoms. The van der Waals surface area contributed by atoms with Gasteiger partial charge in [0.05, 0.1) is 18.2 Å². The van der Waals surface area contributed by atoms with Gasteiger partial charge in [-0.2, -0.15) is 8.78 Å². The molecule has 10 heteroatoms. The summed E-state index contributed by atoms with van der Waals surface area (Å²) in [4.78, 5) is 0. The Morgan fingerprint density at radius 2 is 1.41 bits per heavy atom. The van der Waals surface area contributed by atoms with E-state index >= 15 is 8.78 Å². The minimum absolute atomic E-state index is 0.0599. The van der Waals surface area contributed by atoms with Crippen molar-refractivity contribution in [3.63, 3.8) is 0 Å². The molecule has 0 amide bonds. The van der Waals surface area contributed by atoms with Crippen molar-refractivity contribution in [1.29, 1.82) is 0 Å². The molecule has 3 nitrogen and oxygen atoms in total. The molecule has 0 atom stereocenters. The molecule has 230 valence electrons. The monoisotopic (exact) mass is 632 g/mol. The summed E-state index contributed by atoms with van der Waals surface area (Å²) in [5.74, 6) is -4.62. The smallest absolute Gasteiger partial charge is 0.429 e. The lowest BCUT2D eigenvalue weighted by Crippen LogP contribution is -2.28. The van der Waals surface area contributed by atoms with Crippen LogP contribution in [0.15, 0.2) is 84.9 Å². The zero-order valence-corrected chi connectivity index (χ0v) is 24.2. The van der Waals surface area contributed by atoms with E-state index in [0.717, 1.165) is 31.0 Å². The van der Waals surface area contributed by atoms with Crippen LogP contribution in [0, 0.1) is 29.2 Å². The molecule has 1 heterocycles. The molecule has 0 aliphatic carbocycles. The van der Waals surface area contributed by atoms with Crippen LogP contribution in [0.5, 0.6) is 5.75 Å². The van der Waals surface area contributed by atoms with Crippen LogP contribution in [0.1, 0.15) is 37.2 Å². The second-order valence-electron chi connectivity index (χ2n) is 10.3. The fourth-order valence-electron chi connectivity index (χ4n) is 4.91. The average Bonchev–Trinajstić information content (AvgIpc) is 2.99. The van der Waals surface area contributed by atoms with E-state index in [9.17, 15) is 17.6 Å². The van der Waals surface area contributed by atoms with E-state index in [2.05, 4.69) is 0 Å². The van der Waals surface area contributed by atoms with Gasteiger partial charge in [0.2, 0.25) is 0 Å². The number of hydrogen-bond donors (Lipinski definition) is 0. The van der Waals surface area contributed by atoms with Gasteiger partial charge in [0, 0.05) is 17.0 Å². The fraction of sp³-hybridized carbons (Fsp3) is 0.235. The zero-order valence-electron chi connectivity index (χ0n) is 23.4. The lowest BCUT2D eigenvalue weighted by atomic mass is 9.99. The maximum atomic E-state index is 15.0. The molecular weight excluding hydrogens is 606 g/mol. The number of allylic oxidation sites excluding steroid dienone is 2. The molecule has 1 aliphatic rings. The molecule has 1 fully saturated rings. The van der Waals surface area contributed by atoms with Crippen molar-refractivity contribution in [1.82, 2.24) is 0 Å². The normalized spacial score (nSPS) is 17.3. The largest absolute Gasteiger partial charge is 0.432 e. The molecule has 4 aromatic rings. The van der Waals surface area contributed by atoms with E-state index in [-0.39, 0.29) is 33.4 Å². The zero-order chi connectivity index (χ0) is 31.4. The molecule has 0 radical (unpaired) electrons. The third kappa shape index (κ3) is 7.12. The Hall–Kier alpha value is -3.79. The van der Waals surface area contributed by atoms with E-state index in [1.807, 2.05) is 19.1 Å². The maximum absolute atomic E-state index is 15.0. The topological polar surface area (TPSA) is 27.7 Å². The summed E-state index contributed by atoms with van der Waals surface area (Å²) in [5, 5.41) is -0.0887. The third-order valence-corrected chi connectivity index (χ3v) is 7.51. The Morgan fingerprint density at radius 3 is 2.02 bits per heavy atom. The lowest BCUT2D eigenvalue weighted by Gasteiger charge is -2.30. The Bertz CT molecular complexity index is 1630. The quantitative estimate of drug-likeness (QED) is 0.136. The first-order valence-electron chi connectivity index (χ1n) is 13.8. The molecule has 0 unspecified atom stereocenters. The van der Waals surface area contributed by atoms with Crippen molar-refractivity contribution in [2.24, 2.45) is 5.92 Å². The van der Waals surface area contributed by atoms with E-state index in [1.165, 1.54) is 48.5 Å². The molecule has 0 bridgehead atoms. The second-order valence-corrected chi connectivity index (χ2v) is 10.7. The Morgan fingerprint density at radius 1 is 0.795 bits per heavy atom. The second kappa shape index (κ2) is 13.5. The summed E-state index contributed by atoms with van der Waals surface area (Å²) in [6, 6.07) is 14.8. The van der Waals surface area contributed by atoms with Gasteiger partial charge in [0.15, 0.2) is 6.29 Å². The number of alkyl halides is 2. The first-order chi connectivity index (χ1) is 21.1. The minimum Gasteiger partial charge on any atom is -0.429 e. The van der Waals surface area contributed by atoms with Crippen molar-refractivity contribution in [2.75, 3.05) is 13.2 Å². The predicted octanol–water partition coefficient (Wildman–Crippen LogP) is 10.4. The van der Waals surface area contributed by atoms with Gasteiger partial charge in [0.25, 0.3) is 0 Å². The average molecular weight is 633 g/mol. The van der Waals surface area contributed by atoms with Crippen molar-refractivity contribution < 1.29 is 40.6 Å². The van der Waals surface area contributed by atoms with Crippen LogP contribution in [-0.4, -0.2) is 13.2 Å². The molecule has 4 aromatic carbocycles. The summed E-state index contributed by atoms with van der Waals surface area (Å²) in [6.45, 7) is 2.53. The maximum Gasteiger partial charge on any atom is 0.432 e. The number of rotatable bonds is 9. The van der Waals surface area contributed by atoms with Crippen LogP contribution in [0.4, 0.5) is 26.3 Å². The van der Waals surface area contributed by atoms with Crippen molar-refractivity contribution in [2.45, 2.75) is 32.2 Å². The number of halogens is 7. The Kier molecular flexibility index (Phi) is 9.68. The number of benzene rings is 4. The van der Waals surface area contributed by atoms with Gasteiger partial charge in [0.1, 0.15) is 34.6 Å². The van der Waals surface area contributed by atoms with E-state index < -0.39 is 41.2 Å². The van der Waals surface area contributed by atoms with Gasteiger partial charge in [-0.25, -0.2) is 17.6 Å². The van der Waals surface area contributed by atoms with Crippen LogP contribution in [-0.2, 0) is 15.6 Å². The highest BCUT2D eigenvalue weighted by molar-refractivity contribution is 6.30. The van der Waals surface area contributed by atoms with Crippen LogP contribution in [0.2, 0.25) is 5.02 Å². The Labute approximate surface area is 255 Å². The number of hydrogen-bond acceptors (Lipinski definition) is 3. The van der Waals surface area contributed by atoms with Gasteiger partial charge in [-0.15, -0.1) is 0 Å². The first kappa shape index (κ1) is 31.6. The van der Waals surface area contributed by atoms with E-state index in [0.29, 0.717) is 24.3 Å². The highest BCUT2D eigenvalue weighted by atomic mass is 35.5. The third-order valence-electron chi connectivity index (χ3n) is 7.20. The van der Waals surface area contributed by atoms with Gasteiger partial charge in [-0.05, 0) is 78.9 Å². The summed E-state index contributed by atoms with van der Waals surface area (Å²) >= 11 is 5.70. The van der Waals surface area contributed by atoms with Gasteiger partial charge in [-0.3, -0.25) is 0 Å². The minimum atomic E-state index is -4.36. The van der Waals surface area contributed by atoms with Crippen LogP contribution >= 0.6 is 11.6 Å².